The second-order valence-electron chi connectivity index (χ2n) is 9.28. The van der Waals surface area contributed by atoms with Gasteiger partial charge < -0.3 is 9.47 Å². The van der Waals surface area contributed by atoms with Crippen LogP contribution in [-0.2, 0) is 9.59 Å². The molecule has 0 spiro atoms. The zero-order valence-electron chi connectivity index (χ0n) is 22.1. The summed E-state index contributed by atoms with van der Waals surface area (Å²) < 4.78 is 25.3. The molecule has 204 valence electrons. The second kappa shape index (κ2) is 14.0. The average molecular weight is 565 g/mol. The minimum atomic E-state index is -0.531. The Morgan fingerprint density at radius 3 is 1.59 bits per heavy atom. The molecule has 4 rings (SSSR count). The van der Waals surface area contributed by atoms with Crippen molar-refractivity contribution in [3.8, 4) is 45.9 Å². The molecule has 0 aromatic heterocycles. The summed E-state index contributed by atoms with van der Waals surface area (Å²) in [5.41, 5.74) is 3.94. The molecule has 6 nitrogen and oxygen atoms in total. The normalized spacial score (nSPS) is 10.3. The molecule has 8 heteroatoms. The van der Waals surface area contributed by atoms with Gasteiger partial charge in [0.2, 0.25) is 0 Å². The van der Waals surface area contributed by atoms with Gasteiger partial charge >= 0.3 is 11.9 Å². The van der Waals surface area contributed by atoms with Gasteiger partial charge in [-0.05, 0) is 83.4 Å². The van der Waals surface area contributed by atoms with Gasteiger partial charge in [-0.2, -0.15) is 10.5 Å². The van der Waals surface area contributed by atoms with Gasteiger partial charge in [0.05, 0.1) is 23.3 Å². The minimum absolute atomic E-state index is 0.118. The lowest BCUT2D eigenvalue weighted by Crippen LogP contribution is -2.10. The molecule has 4 aromatic carbocycles. The lowest BCUT2D eigenvalue weighted by atomic mass is 10.0. The number of hydrogen-bond donors (Lipinski definition) is 0. The number of ether oxygens (including phenoxy) is 2. The topological polar surface area (TPSA) is 100 Å². The van der Waals surface area contributed by atoms with Crippen LogP contribution >= 0.6 is 9.24 Å². The van der Waals surface area contributed by atoms with Crippen molar-refractivity contribution in [1.29, 1.82) is 10.5 Å². The fourth-order valence-electron chi connectivity index (χ4n) is 4.19. The molecule has 0 fully saturated rings. The summed E-state index contributed by atoms with van der Waals surface area (Å²) in [5, 5.41) is 18.7. The van der Waals surface area contributed by atoms with Crippen molar-refractivity contribution in [1.82, 2.24) is 0 Å². The SMILES string of the molecule is N#Cc1ccc(-c2ccc(OC(=O)CCCCCC(=O)Oc3ccc(-c4ccc(C#N)cc4)c(P)c3)cc2F)cc1. The number of hydrogen-bond acceptors (Lipinski definition) is 6. The number of benzene rings is 4. The molecular weight excluding hydrogens is 538 g/mol. The van der Waals surface area contributed by atoms with Gasteiger partial charge in [0.1, 0.15) is 17.3 Å². The van der Waals surface area contributed by atoms with Crippen LogP contribution in [0.1, 0.15) is 43.2 Å². The molecule has 0 aliphatic heterocycles. The first-order valence-corrected chi connectivity index (χ1v) is 13.6. The van der Waals surface area contributed by atoms with E-state index in [2.05, 4.69) is 15.3 Å². The highest BCUT2D eigenvalue weighted by atomic mass is 31.0. The smallest absolute Gasteiger partial charge is 0.311 e. The Labute approximate surface area is 240 Å². The highest BCUT2D eigenvalue weighted by molar-refractivity contribution is 7.28. The van der Waals surface area contributed by atoms with Crippen molar-refractivity contribution in [3.05, 3.63) is 102 Å². The molecule has 0 amide bonds. The molecule has 0 N–H and O–H groups in total. The molecule has 4 aromatic rings. The van der Waals surface area contributed by atoms with E-state index in [1.807, 2.05) is 24.3 Å². The van der Waals surface area contributed by atoms with Crippen LogP contribution in [0.4, 0.5) is 4.39 Å². The fraction of sp³-hybridized carbons (Fsp3) is 0.152. The number of nitriles is 2. The van der Waals surface area contributed by atoms with Crippen molar-refractivity contribution in [2.24, 2.45) is 0 Å². The Morgan fingerprint density at radius 1 is 0.659 bits per heavy atom. The van der Waals surface area contributed by atoms with Crippen LogP contribution in [0.3, 0.4) is 0 Å². The summed E-state index contributed by atoms with van der Waals surface area (Å²) in [6.45, 7) is 0. The van der Waals surface area contributed by atoms with Gasteiger partial charge in [-0.25, -0.2) is 4.39 Å². The largest absolute Gasteiger partial charge is 0.427 e. The predicted octanol–water partition coefficient (Wildman–Crippen LogP) is 6.86. The highest BCUT2D eigenvalue weighted by Crippen LogP contribution is 2.27. The van der Waals surface area contributed by atoms with Crippen molar-refractivity contribution < 1.29 is 23.5 Å². The summed E-state index contributed by atoms with van der Waals surface area (Å²) in [6, 6.07) is 27.5. The van der Waals surface area contributed by atoms with E-state index in [0.717, 1.165) is 16.4 Å². The lowest BCUT2D eigenvalue weighted by molar-refractivity contribution is -0.134. The van der Waals surface area contributed by atoms with Crippen LogP contribution in [0.2, 0.25) is 0 Å². The molecule has 0 saturated carbocycles. The van der Waals surface area contributed by atoms with E-state index in [0.29, 0.717) is 47.3 Å². The predicted molar refractivity (Wildman–Crippen MR) is 157 cm³/mol. The maximum absolute atomic E-state index is 14.6. The number of nitrogens with zero attached hydrogens (tertiary/aromatic N) is 2. The third-order valence-corrected chi connectivity index (χ3v) is 6.82. The number of unbranched alkanes of at least 4 members (excludes halogenated alkanes) is 2. The minimum Gasteiger partial charge on any atom is -0.427 e. The van der Waals surface area contributed by atoms with E-state index in [-0.39, 0.29) is 24.6 Å². The third kappa shape index (κ3) is 8.08. The summed E-state index contributed by atoms with van der Waals surface area (Å²) >= 11 is 0. The van der Waals surface area contributed by atoms with Crippen LogP contribution in [0.5, 0.6) is 11.5 Å². The van der Waals surface area contributed by atoms with Crippen LogP contribution in [0, 0.1) is 28.5 Å². The van der Waals surface area contributed by atoms with E-state index < -0.39 is 11.8 Å². The van der Waals surface area contributed by atoms with Crippen molar-refractivity contribution in [3.63, 3.8) is 0 Å². The van der Waals surface area contributed by atoms with E-state index in [9.17, 15) is 14.0 Å². The van der Waals surface area contributed by atoms with E-state index in [4.69, 9.17) is 20.0 Å². The van der Waals surface area contributed by atoms with E-state index in [1.165, 1.54) is 18.2 Å². The van der Waals surface area contributed by atoms with E-state index in [1.54, 1.807) is 48.5 Å². The molecule has 0 aliphatic rings. The van der Waals surface area contributed by atoms with Crippen molar-refractivity contribution in [2.75, 3.05) is 0 Å². The number of carbonyl (C=O) groups excluding carboxylic acids is 2. The zero-order valence-corrected chi connectivity index (χ0v) is 23.3. The third-order valence-electron chi connectivity index (χ3n) is 6.34. The Morgan fingerprint density at radius 2 is 1.12 bits per heavy atom. The van der Waals surface area contributed by atoms with Crippen molar-refractivity contribution >= 4 is 26.5 Å². The molecule has 0 heterocycles. The first kappa shape index (κ1) is 29.2. The highest BCUT2D eigenvalue weighted by Gasteiger charge is 2.12. The Kier molecular flexibility index (Phi) is 9.94. The maximum Gasteiger partial charge on any atom is 0.311 e. The quantitative estimate of drug-likeness (QED) is 0.0903. The molecule has 0 aliphatic carbocycles. The number of halogens is 1. The van der Waals surface area contributed by atoms with Gasteiger partial charge in [-0.3, -0.25) is 9.59 Å². The van der Waals surface area contributed by atoms with Crippen LogP contribution in [0.25, 0.3) is 22.3 Å². The van der Waals surface area contributed by atoms with Gasteiger partial charge in [0.25, 0.3) is 0 Å². The molecule has 0 saturated heterocycles. The van der Waals surface area contributed by atoms with Gasteiger partial charge in [0, 0.05) is 24.5 Å². The summed E-state index contributed by atoms with van der Waals surface area (Å²) in [5.74, 6) is -0.809. The van der Waals surface area contributed by atoms with E-state index >= 15 is 0 Å². The van der Waals surface area contributed by atoms with Crippen LogP contribution in [-0.4, -0.2) is 11.9 Å². The Bertz CT molecular complexity index is 1520. The molecule has 1 atom stereocenters. The lowest BCUT2D eigenvalue weighted by Gasteiger charge is -2.10. The summed E-state index contributed by atoms with van der Waals surface area (Å²) in [4.78, 5) is 24.5. The standard InChI is InChI=1S/C33H26FN2O4P/c34-30-18-26(14-16-28(30)24-10-6-22(20-35)7-11-24)39-32(37)4-2-1-3-5-33(38)40-27-15-17-29(31(41)19-27)25-12-8-23(21-36)9-13-25/h6-19H,1-5,41H2. The molecule has 41 heavy (non-hydrogen) atoms. The zero-order chi connectivity index (χ0) is 29.2. The van der Waals surface area contributed by atoms with Gasteiger partial charge in [-0.15, -0.1) is 9.24 Å². The van der Waals surface area contributed by atoms with Gasteiger partial charge in [0.15, 0.2) is 0 Å². The monoisotopic (exact) mass is 564 g/mol. The molecule has 0 bridgehead atoms. The number of esters is 2. The number of carbonyl (C=O) groups is 2. The molecular formula is C33H26FN2O4P. The first-order chi connectivity index (χ1) is 19.9. The van der Waals surface area contributed by atoms with Crippen LogP contribution in [0.15, 0.2) is 84.9 Å². The maximum atomic E-state index is 14.6. The molecule has 0 radical (unpaired) electrons. The Balaban J connectivity index is 1.17. The Hall–Kier alpha value is -4.84. The van der Waals surface area contributed by atoms with Gasteiger partial charge in [-0.1, -0.05) is 36.8 Å². The average Bonchev–Trinajstić information content (AvgIpc) is 2.97. The summed E-state index contributed by atoms with van der Waals surface area (Å²) in [7, 11) is 2.63. The molecule has 1 unspecified atom stereocenters. The van der Waals surface area contributed by atoms with Crippen LogP contribution < -0.4 is 14.8 Å². The number of rotatable bonds is 10. The van der Waals surface area contributed by atoms with Crippen molar-refractivity contribution in [2.45, 2.75) is 32.1 Å². The second-order valence-corrected chi connectivity index (χ2v) is 9.90. The first-order valence-electron chi connectivity index (χ1n) is 13.0. The summed E-state index contributed by atoms with van der Waals surface area (Å²) in [6.07, 6.45) is 2.05. The fourth-order valence-corrected chi connectivity index (χ4v) is 4.62.